The van der Waals surface area contributed by atoms with Crippen molar-refractivity contribution in [1.82, 2.24) is 0 Å². The van der Waals surface area contributed by atoms with E-state index in [0.717, 1.165) is 12.7 Å². The lowest BCUT2D eigenvalue weighted by molar-refractivity contribution is -0.123. The van der Waals surface area contributed by atoms with Crippen molar-refractivity contribution in [3.8, 4) is 0 Å². The summed E-state index contributed by atoms with van der Waals surface area (Å²) in [4.78, 5) is 12.1. The fourth-order valence-electron chi connectivity index (χ4n) is 1.92. The minimum Gasteiger partial charge on any atom is -0.323 e. The monoisotopic (exact) mass is 268 g/mol. The van der Waals surface area contributed by atoms with Crippen molar-refractivity contribution < 1.29 is 13.2 Å². The van der Waals surface area contributed by atoms with Gasteiger partial charge in [-0.15, -0.1) is 0 Å². The first-order valence-corrected chi connectivity index (χ1v) is 7.61. The van der Waals surface area contributed by atoms with Crippen LogP contribution in [0.25, 0.3) is 0 Å². The summed E-state index contributed by atoms with van der Waals surface area (Å²) < 4.78 is 23.2. The zero-order valence-electron chi connectivity index (χ0n) is 10.1. The van der Waals surface area contributed by atoms with Crippen LogP contribution in [0.4, 0.5) is 5.69 Å². The molecule has 18 heavy (non-hydrogen) atoms. The van der Waals surface area contributed by atoms with Gasteiger partial charge in [0.2, 0.25) is 5.91 Å². The number of nitrogens with one attached hydrogen (secondary N) is 1. The van der Waals surface area contributed by atoms with E-state index < -0.39 is 15.4 Å². The summed E-state index contributed by atoms with van der Waals surface area (Å²) in [7, 11) is -3.37. The zero-order chi connectivity index (χ0) is 13.4. The maximum Gasteiger partial charge on any atom is 0.244 e. The van der Waals surface area contributed by atoms with E-state index >= 15 is 0 Å². The molecule has 0 aliphatic heterocycles. The largest absolute Gasteiger partial charge is 0.323 e. The molecular formula is C12H16N2O3S. The van der Waals surface area contributed by atoms with Crippen LogP contribution in [0.5, 0.6) is 0 Å². The van der Waals surface area contributed by atoms with Crippen LogP contribution in [0.3, 0.4) is 0 Å². The first-order chi connectivity index (χ1) is 8.33. The van der Waals surface area contributed by atoms with Crippen LogP contribution in [0.1, 0.15) is 19.3 Å². The van der Waals surface area contributed by atoms with E-state index in [1.165, 1.54) is 6.07 Å². The van der Waals surface area contributed by atoms with Crippen molar-refractivity contribution >= 4 is 21.4 Å². The highest BCUT2D eigenvalue weighted by Gasteiger charge is 2.40. The van der Waals surface area contributed by atoms with Gasteiger partial charge in [0.05, 0.1) is 16.1 Å². The van der Waals surface area contributed by atoms with E-state index in [2.05, 4.69) is 5.32 Å². The average molecular weight is 268 g/mol. The van der Waals surface area contributed by atoms with Crippen LogP contribution < -0.4 is 11.1 Å². The Balaban J connectivity index is 2.27. The molecule has 0 radical (unpaired) electrons. The number of carbonyl (C=O) groups excluding carboxylic acids is 1. The number of amides is 1. The molecule has 0 aromatic heterocycles. The Morgan fingerprint density at radius 1 is 1.33 bits per heavy atom. The Hall–Kier alpha value is -1.40. The summed E-state index contributed by atoms with van der Waals surface area (Å²) in [6, 6.07) is 6.33. The van der Waals surface area contributed by atoms with Crippen molar-refractivity contribution in [2.75, 3.05) is 11.6 Å². The maximum atomic E-state index is 12.0. The lowest BCUT2D eigenvalue weighted by Crippen LogP contribution is -2.56. The number of benzene rings is 1. The summed E-state index contributed by atoms with van der Waals surface area (Å²) in [6.45, 7) is 0. The van der Waals surface area contributed by atoms with Gasteiger partial charge in [-0.25, -0.2) is 8.42 Å². The Kier molecular flexibility index (Phi) is 3.16. The fraction of sp³-hybridized carbons (Fsp3) is 0.417. The predicted octanol–water partition coefficient (Wildman–Crippen LogP) is 0.910. The van der Waals surface area contributed by atoms with Gasteiger partial charge >= 0.3 is 0 Å². The van der Waals surface area contributed by atoms with Gasteiger partial charge in [-0.1, -0.05) is 12.1 Å². The van der Waals surface area contributed by atoms with Crippen molar-refractivity contribution in [2.45, 2.75) is 29.7 Å². The molecule has 0 unspecified atom stereocenters. The van der Waals surface area contributed by atoms with Crippen molar-refractivity contribution in [3.05, 3.63) is 24.3 Å². The molecule has 3 N–H and O–H groups in total. The lowest BCUT2D eigenvalue weighted by Gasteiger charge is -2.36. The average Bonchev–Trinajstić information content (AvgIpc) is 2.25. The summed E-state index contributed by atoms with van der Waals surface area (Å²) in [5, 5.41) is 2.62. The number of hydrogen-bond donors (Lipinski definition) is 2. The second-order valence-corrected chi connectivity index (χ2v) is 6.72. The maximum absolute atomic E-state index is 12.0. The van der Waals surface area contributed by atoms with E-state index in [9.17, 15) is 13.2 Å². The van der Waals surface area contributed by atoms with Gasteiger partial charge in [-0.2, -0.15) is 0 Å². The molecule has 6 heteroatoms. The smallest absolute Gasteiger partial charge is 0.244 e. The molecule has 1 fully saturated rings. The zero-order valence-corrected chi connectivity index (χ0v) is 11.0. The molecular weight excluding hydrogens is 252 g/mol. The Morgan fingerprint density at radius 2 is 1.94 bits per heavy atom. The summed E-state index contributed by atoms with van der Waals surface area (Å²) in [5.74, 6) is -0.315. The topological polar surface area (TPSA) is 89.3 Å². The number of rotatable bonds is 3. The molecule has 0 bridgehead atoms. The molecule has 98 valence electrons. The fourth-order valence-corrected chi connectivity index (χ4v) is 2.77. The first kappa shape index (κ1) is 13.0. The van der Waals surface area contributed by atoms with Gasteiger partial charge in [0.1, 0.15) is 0 Å². The molecule has 1 aromatic carbocycles. The number of anilines is 1. The molecule has 1 aromatic rings. The molecule has 0 spiro atoms. The van der Waals surface area contributed by atoms with E-state index in [4.69, 9.17) is 5.73 Å². The normalized spacial score (nSPS) is 17.9. The minimum atomic E-state index is -3.37. The van der Waals surface area contributed by atoms with Crippen molar-refractivity contribution in [3.63, 3.8) is 0 Å². The van der Waals surface area contributed by atoms with Gasteiger partial charge in [-0.3, -0.25) is 4.79 Å². The molecule has 2 rings (SSSR count). The SMILES string of the molecule is CS(=O)(=O)c1ccccc1NC(=O)C1(N)CCC1. The quantitative estimate of drug-likeness (QED) is 0.852. The first-order valence-electron chi connectivity index (χ1n) is 5.72. The standard InChI is InChI=1S/C12H16N2O3S/c1-18(16,17)10-6-3-2-5-9(10)14-11(15)12(13)7-4-8-12/h2-3,5-6H,4,7-8,13H2,1H3,(H,14,15). The second-order valence-electron chi connectivity index (χ2n) is 4.73. The van der Waals surface area contributed by atoms with Gasteiger partial charge in [0.25, 0.3) is 0 Å². The molecule has 0 heterocycles. The summed E-state index contributed by atoms with van der Waals surface area (Å²) >= 11 is 0. The third-order valence-corrected chi connectivity index (χ3v) is 4.39. The Morgan fingerprint density at radius 3 is 2.44 bits per heavy atom. The summed E-state index contributed by atoms with van der Waals surface area (Å²) in [6.07, 6.45) is 3.32. The summed E-state index contributed by atoms with van der Waals surface area (Å²) in [5.41, 5.74) is 5.34. The minimum absolute atomic E-state index is 0.112. The van der Waals surface area contributed by atoms with E-state index in [1.807, 2.05) is 0 Å². The third kappa shape index (κ3) is 2.39. The number of sulfone groups is 1. The van der Waals surface area contributed by atoms with Crippen LogP contribution >= 0.6 is 0 Å². The van der Waals surface area contributed by atoms with Gasteiger partial charge in [0.15, 0.2) is 9.84 Å². The van der Waals surface area contributed by atoms with Crippen molar-refractivity contribution in [2.24, 2.45) is 5.73 Å². The molecule has 1 saturated carbocycles. The van der Waals surface area contributed by atoms with Gasteiger partial charge < -0.3 is 11.1 Å². The van der Waals surface area contributed by atoms with Crippen LogP contribution in [0, 0.1) is 0 Å². The Bertz CT molecular complexity index is 577. The number of nitrogens with two attached hydrogens (primary N) is 1. The second kappa shape index (κ2) is 4.37. The number of hydrogen-bond acceptors (Lipinski definition) is 4. The third-order valence-electron chi connectivity index (χ3n) is 3.23. The highest BCUT2D eigenvalue weighted by Crippen LogP contribution is 2.31. The molecule has 1 aliphatic carbocycles. The highest BCUT2D eigenvalue weighted by atomic mass is 32.2. The molecule has 1 amide bonds. The molecule has 0 saturated heterocycles. The molecule has 0 atom stereocenters. The van der Waals surface area contributed by atoms with Gasteiger partial charge in [0, 0.05) is 6.26 Å². The van der Waals surface area contributed by atoms with Gasteiger partial charge in [-0.05, 0) is 31.4 Å². The molecule has 5 nitrogen and oxygen atoms in total. The molecule has 1 aliphatic rings. The van der Waals surface area contributed by atoms with Crippen LogP contribution in [0.2, 0.25) is 0 Å². The number of carbonyl (C=O) groups is 1. The van der Waals surface area contributed by atoms with E-state index in [0.29, 0.717) is 18.5 Å². The van der Waals surface area contributed by atoms with Crippen LogP contribution in [0.15, 0.2) is 29.2 Å². The van der Waals surface area contributed by atoms with Crippen molar-refractivity contribution in [1.29, 1.82) is 0 Å². The van der Waals surface area contributed by atoms with E-state index in [1.54, 1.807) is 18.2 Å². The highest BCUT2D eigenvalue weighted by molar-refractivity contribution is 7.90. The Labute approximate surface area is 106 Å². The number of para-hydroxylation sites is 1. The van der Waals surface area contributed by atoms with Crippen LogP contribution in [-0.2, 0) is 14.6 Å². The van der Waals surface area contributed by atoms with Crippen LogP contribution in [-0.4, -0.2) is 26.1 Å². The van der Waals surface area contributed by atoms with E-state index in [-0.39, 0.29) is 10.8 Å². The predicted molar refractivity (Wildman–Crippen MR) is 69.0 cm³/mol. The lowest BCUT2D eigenvalue weighted by atomic mass is 9.77.